The molecule has 18 heavy (non-hydrogen) atoms. The second-order valence-corrected chi connectivity index (χ2v) is 4.60. The lowest BCUT2D eigenvalue weighted by Crippen LogP contribution is -2.07. The van der Waals surface area contributed by atoms with Gasteiger partial charge < -0.3 is 19.9 Å². The maximum atomic E-state index is 5.61. The highest BCUT2D eigenvalue weighted by Crippen LogP contribution is 2.30. The van der Waals surface area contributed by atoms with Gasteiger partial charge in [0, 0.05) is 0 Å². The molecule has 1 aliphatic rings. The van der Waals surface area contributed by atoms with Gasteiger partial charge in [-0.15, -0.1) is 0 Å². The lowest BCUT2D eigenvalue weighted by molar-refractivity contribution is 0.00863. The minimum Gasteiger partial charge on any atom is -0.493 e. The van der Waals surface area contributed by atoms with E-state index in [9.17, 15) is 0 Å². The number of benzene rings is 1. The van der Waals surface area contributed by atoms with Crippen LogP contribution in [0.3, 0.4) is 0 Å². The molecule has 0 atom stereocenters. The van der Waals surface area contributed by atoms with E-state index in [1.54, 1.807) is 7.11 Å². The molecule has 0 bridgehead atoms. The lowest BCUT2D eigenvalue weighted by Gasteiger charge is -2.12. The molecule has 1 aliphatic carbocycles. The Balaban J connectivity index is 1.87. The van der Waals surface area contributed by atoms with Gasteiger partial charge in [-0.05, 0) is 49.4 Å². The van der Waals surface area contributed by atoms with Crippen LogP contribution in [0.2, 0.25) is 0 Å². The van der Waals surface area contributed by atoms with E-state index in [0.29, 0.717) is 6.54 Å². The molecule has 0 aromatic heterocycles. The van der Waals surface area contributed by atoms with Crippen LogP contribution in [0.1, 0.15) is 18.4 Å². The largest absolute Gasteiger partial charge is 0.493 e. The Bertz CT molecular complexity index is 377. The molecule has 2 N–H and O–H groups in total. The van der Waals surface area contributed by atoms with Gasteiger partial charge in [0.1, 0.15) is 0 Å². The van der Waals surface area contributed by atoms with E-state index in [1.807, 2.05) is 18.2 Å². The minimum absolute atomic E-state index is 0.277. The van der Waals surface area contributed by atoms with E-state index in [0.717, 1.165) is 36.0 Å². The Morgan fingerprint density at radius 2 is 2.11 bits per heavy atom. The maximum absolute atomic E-state index is 5.61. The van der Waals surface area contributed by atoms with Gasteiger partial charge in [-0.25, -0.2) is 0 Å². The molecule has 0 spiro atoms. The third kappa shape index (κ3) is 3.89. The van der Waals surface area contributed by atoms with Crippen LogP contribution in [0.25, 0.3) is 0 Å². The zero-order valence-electron chi connectivity index (χ0n) is 10.9. The smallest absolute Gasteiger partial charge is 0.189 e. The summed E-state index contributed by atoms with van der Waals surface area (Å²) in [5.74, 6) is 2.20. The van der Waals surface area contributed by atoms with E-state index >= 15 is 0 Å². The second kappa shape index (κ2) is 6.61. The van der Waals surface area contributed by atoms with Gasteiger partial charge in [0.05, 0.1) is 13.7 Å². The van der Waals surface area contributed by atoms with Crippen molar-refractivity contribution in [1.82, 2.24) is 0 Å². The van der Waals surface area contributed by atoms with Gasteiger partial charge in [-0.1, -0.05) is 6.07 Å². The molecular formula is C14H21NO3. The van der Waals surface area contributed by atoms with Crippen molar-refractivity contribution in [2.45, 2.75) is 19.3 Å². The average molecular weight is 251 g/mol. The third-order valence-electron chi connectivity index (χ3n) is 3.01. The van der Waals surface area contributed by atoms with Crippen LogP contribution in [0, 0.1) is 5.92 Å². The Kier molecular flexibility index (Phi) is 4.84. The first-order valence-electron chi connectivity index (χ1n) is 6.41. The molecule has 1 aromatic carbocycles. The van der Waals surface area contributed by atoms with Crippen LogP contribution in [-0.2, 0) is 11.2 Å². The Morgan fingerprint density at radius 1 is 1.28 bits per heavy atom. The number of methoxy groups -OCH3 is 1. The molecule has 0 radical (unpaired) electrons. The monoisotopic (exact) mass is 251 g/mol. The molecule has 2 rings (SSSR count). The third-order valence-corrected chi connectivity index (χ3v) is 3.01. The van der Waals surface area contributed by atoms with Crippen LogP contribution < -0.4 is 15.2 Å². The van der Waals surface area contributed by atoms with Gasteiger partial charge in [0.15, 0.2) is 18.3 Å². The summed E-state index contributed by atoms with van der Waals surface area (Å²) in [6.45, 7) is 1.70. The fraction of sp³-hybridized carbons (Fsp3) is 0.571. The fourth-order valence-electron chi connectivity index (χ4n) is 1.76. The molecule has 0 heterocycles. The van der Waals surface area contributed by atoms with Crippen LogP contribution in [0.15, 0.2) is 18.2 Å². The van der Waals surface area contributed by atoms with E-state index < -0.39 is 0 Å². The van der Waals surface area contributed by atoms with Gasteiger partial charge in [-0.3, -0.25) is 0 Å². The minimum atomic E-state index is 0.277. The molecule has 0 aliphatic heterocycles. The second-order valence-electron chi connectivity index (χ2n) is 4.60. The summed E-state index contributed by atoms with van der Waals surface area (Å²) in [6.07, 6.45) is 3.41. The van der Waals surface area contributed by atoms with Crippen molar-refractivity contribution in [3.63, 3.8) is 0 Å². The Labute approximate surface area is 108 Å². The van der Waals surface area contributed by atoms with E-state index in [4.69, 9.17) is 19.9 Å². The summed E-state index contributed by atoms with van der Waals surface area (Å²) in [4.78, 5) is 0. The van der Waals surface area contributed by atoms with Crippen molar-refractivity contribution in [3.05, 3.63) is 23.8 Å². The molecule has 0 saturated heterocycles. The quantitative estimate of drug-likeness (QED) is 0.567. The van der Waals surface area contributed by atoms with Crippen LogP contribution in [-0.4, -0.2) is 27.1 Å². The first-order valence-corrected chi connectivity index (χ1v) is 6.41. The first kappa shape index (κ1) is 13.2. The SMILES string of the molecule is COc1ccc(CCN)cc1OCOCC1CC1. The van der Waals surface area contributed by atoms with Gasteiger partial charge in [0.2, 0.25) is 0 Å². The van der Waals surface area contributed by atoms with Crippen molar-refractivity contribution in [1.29, 1.82) is 0 Å². The number of hydrogen-bond donors (Lipinski definition) is 1. The Hall–Kier alpha value is -1.26. The summed E-state index contributed by atoms with van der Waals surface area (Å²) >= 11 is 0. The zero-order valence-corrected chi connectivity index (χ0v) is 10.9. The molecule has 0 amide bonds. The van der Waals surface area contributed by atoms with E-state index in [-0.39, 0.29) is 6.79 Å². The summed E-state index contributed by atoms with van der Waals surface area (Å²) in [6, 6.07) is 5.87. The number of nitrogens with two attached hydrogens (primary N) is 1. The van der Waals surface area contributed by atoms with E-state index in [2.05, 4.69) is 0 Å². The molecule has 4 nitrogen and oxygen atoms in total. The molecule has 0 unspecified atom stereocenters. The summed E-state index contributed by atoms with van der Waals surface area (Å²) in [7, 11) is 1.63. The van der Waals surface area contributed by atoms with Crippen LogP contribution >= 0.6 is 0 Å². The van der Waals surface area contributed by atoms with Crippen molar-refractivity contribution in [3.8, 4) is 11.5 Å². The van der Waals surface area contributed by atoms with Crippen molar-refractivity contribution >= 4 is 0 Å². The molecular weight excluding hydrogens is 230 g/mol. The highest BCUT2D eigenvalue weighted by molar-refractivity contribution is 5.43. The van der Waals surface area contributed by atoms with Gasteiger partial charge in [0.25, 0.3) is 0 Å². The highest BCUT2D eigenvalue weighted by Gasteiger charge is 2.21. The summed E-state index contributed by atoms with van der Waals surface area (Å²) in [5.41, 5.74) is 6.69. The molecule has 1 fully saturated rings. The maximum Gasteiger partial charge on any atom is 0.189 e. The predicted molar refractivity (Wildman–Crippen MR) is 69.9 cm³/mol. The summed E-state index contributed by atoms with van der Waals surface area (Å²) in [5, 5.41) is 0. The molecule has 100 valence electrons. The predicted octanol–water partition coefficient (Wildman–Crippen LogP) is 1.96. The van der Waals surface area contributed by atoms with Crippen molar-refractivity contribution < 1.29 is 14.2 Å². The average Bonchev–Trinajstić information content (AvgIpc) is 3.19. The van der Waals surface area contributed by atoms with E-state index in [1.165, 1.54) is 12.8 Å². The van der Waals surface area contributed by atoms with Crippen LogP contribution in [0.5, 0.6) is 11.5 Å². The summed E-state index contributed by atoms with van der Waals surface area (Å²) < 4.78 is 16.3. The Morgan fingerprint density at radius 3 is 2.78 bits per heavy atom. The normalized spacial score (nSPS) is 14.6. The first-order chi connectivity index (χ1) is 8.83. The van der Waals surface area contributed by atoms with Crippen molar-refractivity contribution in [2.24, 2.45) is 11.7 Å². The highest BCUT2D eigenvalue weighted by atomic mass is 16.7. The molecule has 1 aromatic rings. The zero-order chi connectivity index (χ0) is 12.8. The molecule has 1 saturated carbocycles. The number of ether oxygens (including phenoxy) is 3. The topological polar surface area (TPSA) is 53.7 Å². The lowest BCUT2D eigenvalue weighted by atomic mass is 10.1. The van der Waals surface area contributed by atoms with Gasteiger partial charge in [-0.2, -0.15) is 0 Å². The number of rotatable bonds is 8. The van der Waals surface area contributed by atoms with Gasteiger partial charge >= 0.3 is 0 Å². The fourth-order valence-corrected chi connectivity index (χ4v) is 1.76. The van der Waals surface area contributed by atoms with Crippen LogP contribution in [0.4, 0.5) is 0 Å². The standard InChI is InChI=1S/C14H21NO3/c1-16-13-5-4-11(6-7-15)8-14(13)18-10-17-9-12-2-3-12/h4-5,8,12H,2-3,6-7,9-10,15H2,1H3. The van der Waals surface area contributed by atoms with Crippen molar-refractivity contribution in [2.75, 3.05) is 27.1 Å². The number of hydrogen-bond acceptors (Lipinski definition) is 4. The molecule has 4 heteroatoms.